The lowest BCUT2D eigenvalue weighted by Gasteiger charge is -2.20. The van der Waals surface area contributed by atoms with Gasteiger partial charge in [0, 0.05) is 12.2 Å². The third-order valence-corrected chi connectivity index (χ3v) is 2.55. The number of nitrogens with zero attached hydrogens (tertiary/aromatic N) is 1. The number of rotatable bonds is 4. The van der Waals surface area contributed by atoms with E-state index < -0.39 is 0 Å². The van der Waals surface area contributed by atoms with Gasteiger partial charge in [0.1, 0.15) is 5.82 Å². The average molecular weight is 214 g/mol. The zero-order chi connectivity index (χ0) is 10.6. The first kappa shape index (κ1) is 11.3. The van der Waals surface area contributed by atoms with E-state index in [0.29, 0.717) is 23.5 Å². The third-order valence-electron chi connectivity index (χ3n) is 2.33. The Kier molecular flexibility index (Phi) is 4.17. The molecular weight excluding hydrogens is 198 g/mol. The molecule has 0 radical (unpaired) electrons. The van der Waals surface area contributed by atoms with Gasteiger partial charge in [0.05, 0.1) is 5.02 Å². The van der Waals surface area contributed by atoms with Crippen molar-refractivity contribution in [3.05, 3.63) is 23.4 Å². The van der Waals surface area contributed by atoms with Gasteiger partial charge in [-0.25, -0.2) is 4.98 Å². The summed E-state index contributed by atoms with van der Waals surface area (Å²) in [6, 6.07) is 3.99. The quantitative estimate of drug-likeness (QED) is 0.806. The SMILES string of the molecule is CC(CN)C(C)Nc1ccc(Cl)cn1. The minimum atomic E-state index is 0.314. The molecule has 3 nitrogen and oxygen atoms in total. The van der Waals surface area contributed by atoms with Crippen LogP contribution in [0, 0.1) is 5.92 Å². The molecule has 1 aromatic rings. The molecule has 0 bridgehead atoms. The summed E-state index contributed by atoms with van der Waals surface area (Å²) in [6.45, 7) is 4.86. The van der Waals surface area contributed by atoms with Crippen LogP contribution in [0.2, 0.25) is 5.02 Å². The molecule has 4 heteroatoms. The Bertz CT molecular complexity index is 273. The standard InChI is InChI=1S/C10H16ClN3/c1-7(5-12)8(2)14-10-4-3-9(11)6-13-10/h3-4,6-8H,5,12H2,1-2H3,(H,13,14). The monoisotopic (exact) mass is 213 g/mol. The molecule has 0 aromatic carbocycles. The predicted molar refractivity (Wildman–Crippen MR) is 60.6 cm³/mol. The highest BCUT2D eigenvalue weighted by molar-refractivity contribution is 6.30. The Labute approximate surface area is 89.7 Å². The molecule has 1 heterocycles. The summed E-state index contributed by atoms with van der Waals surface area (Å²) in [5, 5.41) is 3.92. The van der Waals surface area contributed by atoms with Gasteiger partial charge in [-0.05, 0) is 31.5 Å². The summed E-state index contributed by atoms with van der Waals surface area (Å²) in [5.41, 5.74) is 5.57. The van der Waals surface area contributed by atoms with E-state index in [9.17, 15) is 0 Å². The van der Waals surface area contributed by atoms with Gasteiger partial charge in [-0.3, -0.25) is 0 Å². The van der Waals surface area contributed by atoms with Crippen LogP contribution in [-0.2, 0) is 0 Å². The van der Waals surface area contributed by atoms with E-state index in [4.69, 9.17) is 17.3 Å². The van der Waals surface area contributed by atoms with Crippen molar-refractivity contribution in [2.45, 2.75) is 19.9 Å². The number of hydrogen-bond donors (Lipinski definition) is 2. The highest BCUT2D eigenvalue weighted by atomic mass is 35.5. The van der Waals surface area contributed by atoms with Crippen LogP contribution in [0.25, 0.3) is 0 Å². The van der Waals surface area contributed by atoms with E-state index in [1.807, 2.05) is 12.1 Å². The van der Waals surface area contributed by atoms with Gasteiger partial charge in [-0.1, -0.05) is 18.5 Å². The molecular formula is C10H16ClN3. The molecule has 0 aliphatic rings. The molecule has 0 fully saturated rings. The molecule has 2 atom stereocenters. The normalized spacial score (nSPS) is 14.9. The molecule has 1 rings (SSSR count). The number of aromatic nitrogens is 1. The maximum atomic E-state index is 5.73. The van der Waals surface area contributed by atoms with E-state index in [1.54, 1.807) is 6.20 Å². The molecule has 3 N–H and O–H groups in total. The van der Waals surface area contributed by atoms with E-state index in [0.717, 1.165) is 5.82 Å². The largest absolute Gasteiger partial charge is 0.367 e. The van der Waals surface area contributed by atoms with Gasteiger partial charge in [0.2, 0.25) is 0 Å². The minimum absolute atomic E-state index is 0.314. The predicted octanol–water partition coefficient (Wildman–Crippen LogP) is 2.13. The van der Waals surface area contributed by atoms with Gasteiger partial charge in [0.15, 0.2) is 0 Å². The van der Waals surface area contributed by atoms with Crippen LogP contribution in [-0.4, -0.2) is 17.6 Å². The van der Waals surface area contributed by atoms with E-state index >= 15 is 0 Å². The number of nitrogens with two attached hydrogens (primary N) is 1. The fourth-order valence-electron chi connectivity index (χ4n) is 1.04. The second-order valence-corrected chi connectivity index (χ2v) is 3.94. The Morgan fingerprint density at radius 2 is 2.21 bits per heavy atom. The topological polar surface area (TPSA) is 50.9 Å². The third kappa shape index (κ3) is 3.16. The molecule has 0 amide bonds. The van der Waals surface area contributed by atoms with Crippen molar-refractivity contribution in [2.75, 3.05) is 11.9 Å². The molecule has 0 aliphatic heterocycles. The second-order valence-electron chi connectivity index (χ2n) is 3.51. The minimum Gasteiger partial charge on any atom is -0.367 e. The average Bonchev–Trinajstić information content (AvgIpc) is 2.20. The van der Waals surface area contributed by atoms with Crippen LogP contribution in [0.5, 0.6) is 0 Å². The van der Waals surface area contributed by atoms with Gasteiger partial charge >= 0.3 is 0 Å². The van der Waals surface area contributed by atoms with Crippen molar-refractivity contribution in [1.82, 2.24) is 4.98 Å². The van der Waals surface area contributed by atoms with Crippen molar-refractivity contribution in [3.63, 3.8) is 0 Å². The van der Waals surface area contributed by atoms with Gasteiger partial charge in [-0.15, -0.1) is 0 Å². The first-order chi connectivity index (χ1) is 6.63. The maximum absolute atomic E-state index is 5.73. The summed E-state index contributed by atoms with van der Waals surface area (Å²) in [7, 11) is 0. The fraction of sp³-hybridized carbons (Fsp3) is 0.500. The molecule has 14 heavy (non-hydrogen) atoms. The Hall–Kier alpha value is -0.800. The molecule has 1 aromatic heterocycles. The summed E-state index contributed by atoms with van der Waals surface area (Å²) in [6.07, 6.45) is 1.63. The van der Waals surface area contributed by atoms with Crippen molar-refractivity contribution in [1.29, 1.82) is 0 Å². The van der Waals surface area contributed by atoms with Gasteiger partial charge < -0.3 is 11.1 Å². The van der Waals surface area contributed by atoms with Crippen LogP contribution in [0.1, 0.15) is 13.8 Å². The number of anilines is 1. The first-order valence-electron chi connectivity index (χ1n) is 4.71. The number of halogens is 1. The number of hydrogen-bond acceptors (Lipinski definition) is 3. The lowest BCUT2D eigenvalue weighted by atomic mass is 10.0. The van der Waals surface area contributed by atoms with Crippen LogP contribution in [0.3, 0.4) is 0 Å². The second kappa shape index (κ2) is 5.17. The Balaban J connectivity index is 2.56. The maximum Gasteiger partial charge on any atom is 0.126 e. The summed E-state index contributed by atoms with van der Waals surface area (Å²) in [4.78, 5) is 4.15. The molecule has 0 saturated carbocycles. The zero-order valence-electron chi connectivity index (χ0n) is 8.50. The Morgan fingerprint density at radius 3 is 2.71 bits per heavy atom. The summed E-state index contributed by atoms with van der Waals surface area (Å²) >= 11 is 5.73. The van der Waals surface area contributed by atoms with Crippen LogP contribution >= 0.6 is 11.6 Å². The lowest BCUT2D eigenvalue weighted by molar-refractivity contribution is 0.520. The number of pyridine rings is 1. The van der Waals surface area contributed by atoms with Crippen molar-refractivity contribution in [3.8, 4) is 0 Å². The summed E-state index contributed by atoms with van der Waals surface area (Å²) < 4.78 is 0. The van der Waals surface area contributed by atoms with Crippen molar-refractivity contribution in [2.24, 2.45) is 11.7 Å². The lowest BCUT2D eigenvalue weighted by Crippen LogP contribution is -2.29. The smallest absolute Gasteiger partial charge is 0.126 e. The fourth-order valence-corrected chi connectivity index (χ4v) is 1.15. The van der Waals surface area contributed by atoms with Gasteiger partial charge in [0.25, 0.3) is 0 Å². The molecule has 0 spiro atoms. The highest BCUT2D eigenvalue weighted by Gasteiger charge is 2.09. The van der Waals surface area contributed by atoms with E-state index in [2.05, 4.69) is 24.1 Å². The molecule has 0 aliphatic carbocycles. The Morgan fingerprint density at radius 1 is 1.50 bits per heavy atom. The van der Waals surface area contributed by atoms with Crippen molar-refractivity contribution >= 4 is 17.4 Å². The van der Waals surface area contributed by atoms with Gasteiger partial charge in [-0.2, -0.15) is 0 Å². The van der Waals surface area contributed by atoms with Crippen molar-refractivity contribution < 1.29 is 0 Å². The zero-order valence-corrected chi connectivity index (χ0v) is 9.25. The molecule has 78 valence electrons. The summed E-state index contributed by atoms with van der Waals surface area (Å²) in [5.74, 6) is 1.26. The van der Waals surface area contributed by atoms with E-state index in [1.165, 1.54) is 0 Å². The first-order valence-corrected chi connectivity index (χ1v) is 5.09. The van der Waals surface area contributed by atoms with Crippen LogP contribution in [0.15, 0.2) is 18.3 Å². The highest BCUT2D eigenvalue weighted by Crippen LogP contribution is 2.12. The van der Waals surface area contributed by atoms with Crippen LogP contribution in [0.4, 0.5) is 5.82 Å². The molecule has 2 unspecified atom stereocenters. The molecule has 0 saturated heterocycles. The van der Waals surface area contributed by atoms with E-state index in [-0.39, 0.29) is 0 Å². The number of nitrogens with one attached hydrogen (secondary N) is 1. The van der Waals surface area contributed by atoms with Crippen LogP contribution < -0.4 is 11.1 Å².